The summed E-state index contributed by atoms with van der Waals surface area (Å²) in [5.41, 5.74) is 1.57. The highest BCUT2D eigenvalue weighted by Gasteiger charge is 2.24. The second-order valence-electron chi connectivity index (χ2n) is 6.73. The number of aromatic hydroxyl groups is 2. The molecule has 0 unspecified atom stereocenters. The highest BCUT2D eigenvalue weighted by molar-refractivity contribution is 5.72. The second kappa shape index (κ2) is 7.39. The molecule has 2 aromatic rings. The fourth-order valence-corrected chi connectivity index (χ4v) is 2.69. The quantitative estimate of drug-likeness (QED) is 0.607. The first-order chi connectivity index (χ1) is 11.3. The Hall–Kier alpha value is -2.49. The van der Waals surface area contributed by atoms with Crippen LogP contribution in [0.2, 0.25) is 0 Å². The monoisotopic (exact) mass is 328 g/mol. The number of rotatable bonds is 6. The molecule has 0 aliphatic rings. The molecule has 0 saturated carbocycles. The topological polar surface area (TPSA) is 66.8 Å². The van der Waals surface area contributed by atoms with Gasteiger partial charge >= 0.3 is 5.97 Å². The van der Waals surface area contributed by atoms with Gasteiger partial charge in [-0.3, -0.25) is 4.79 Å². The van der Waals surface area contributed by atoms with Gasteiger partial charge in [-0.15, -0.1) is 0 Å². The Balaban J connectivity index is 1.88. The van der Waals surface area contributed by atoms with Gasteiger partial charge in [0.05, 0.1) is 0 Å². The molecular formula is C20H24O4. The van der Waals surface area contributed by atoms with Gasteiger partial charge in [0.25, 0.3) is 0 Å². The average molecular weight is 328 g/mol. The molecule has 2 rings (SSSR count). The largest absolute Gasteiger partial charge is 0.508 e. The molecule has 4 heteroatoms. The standard InChI is InChI=1S/C20H24O4/c1-14-6-9-16(10-7-14)24-19(23)5-4-12-20(2,3)17-11-8-15(21)13-18(17)22/h6-11,13,21-22H,4-5,12H2,1-3H3. The molecule has 0 heterocycles. The molecule has 0 bridgehead atoms. The van der Waals surface area contributed by atoms with Crippen LogP contribution in [0.1, 0.15) is 44.2 Å². The fourth-order valence-electron chi connectivity index (χ4n) is 2.69. The number of hydrogen-bond acceptors (Lipinski definition) is 4. The minimum atomic E-state index is -0.304. The van der Waals surface area contributed by atoms with E-state index in [-0.39, 0.29) is 22.9 Å². The first kappa shape index (κ1) is 17.9. The van der Waals surface area contributed by atoms with Crippen molar-refractivity contribution in [1.82, 2.24) is 0 Å². The lowest BCUT2D eigenvalue weighted by atomic mass is 9.79. The zero-order valence-corrected chi connectivity index (χ0v) is 14.4. The molecule has 0 saturated heterocycles. The predicted octanol–water partition coefficient (Wildman–Crippen LogP) is 4.46. The van der Waals surface area contributed by atoms with Gasteiger partial charge in [0.1, 0.15) is 17.2 Å². The number of phenols is 2. The average Bonchev–Trinajstić information content (AvgIpc) is 2.49. The van der Waals surface area contributed by atoms with Gasteiger partial charge in [0, 0.05) is 12.5 Å². The van der Waals surface area contributed by atoms with Crippen molar-refractivity contribution in [2.24, 2.45) is 0 Å². The Bertz CT molecular complexity index is 702. The number of aryl methyl sites for hydroxylation is 1. The van der Waals surface area contributed by atoms with Crippen LogP contribution in [0.4, 0.5) is 0 Å². The molecule has 0 aliphatic heterocycles. The number of carbonyl (C=O) groups excluding carboxylic acids is 1. The smallest absolute Gasteiger partial charge is 0.311 e. The predicted molar refractivity (Wildman–Crippen MR) is 93.5 cm³/mol. The van der Waals surface area contributed by atoms with Gasteiger partial charge in [-0.05, 0) is 48.9 Å². The summed E-state index contributed by atoms with van der Waals surface area (Å²) in [6.07, 6.45) is 1.68. The van der Waals surface area contributed by atoms with Crippen molar-refractivity contribution in [2.75, 3.05) is 0 Å². The summed E-state index contributed by atoms with van der Waals surface area (Å²) in [6, 6.07) is 12.0. The van der Waals surface area contributed by atoms with Crippen molar-refractivity contribution in [3.05, 3.63) is 53.6 Å². The first-order valence-electron chi connectivity index (χ1n) is 8.08. The van der Waals surface area contributed by atoms with E-state index in [1.165, 1.54) is 6.07 Å². The van der Waals surface area contributed by atoms with E-state index < -0.39 is 0 Å². The molecule has 0 aromatic heterocycles. The lowest BCUT2D eigenvalue weighted by Gasteiger charge is -2.26. The maximum atomic E-state index is 11.9. The summed E-state index contributed by atoms with van der Waals surface area (Å²) in [5.74, 6) is 0.404. The number of esters is 1. The van der Waals surface area contributed by atoms with Crippen LogP contribution in [0.3, 0.4) is 0 Å². The van der Waals surface area contributed by atoms with Crippen LogP contribution < -0.4 is 4.74 Å². The van der Waals surface area contributed by atoms with E-state index in [9.17, 15) is 15.0 Å². The van der Waals surface area contributed by atoms with Crippen LogP contribution in [0.5, 0.6) is 17.2 Å². The van der Waals surface area contributed by atoms with Crippen LogP contribution in [0.15, 0.2) is 42.5 Å². The first-order valence-corrected chi connectivity index (χ1v) is 8.08. The normalized spacial score (nSPS) is 11.3. The summed E-state index contributed by atoms with van der Waals surface area (Å²) >= 11 is 0. The van der Waals surface area contributed by atoms with Crippen molar-refractivity contribution in [1.29, 1.82) is 0 Å². The molecule has 0 amide bonds. The third-order valence-electron chi connectivity index (χ3n) is 4.15. The SMILES string of the molecule is Cc1ccc(OC(=O)CCCC(C)(C)c2ccc(O)cc2O)cc1. The van der Waals surface area contributed by atoms with Gasteiger partial charge in [-0.2, -0.15) is 0 Å². The minimum Gasteiger partial charge on any atom is -0.508 e. The molecule has 2 aromatic carbocycles. The van der Waals surface area contributed by atoms with Gasteiger partial charge in [0.15, 0.2) is 0 Å². The maximum absolute atomic E-state index is 11.9. The van der Waals surface area contributed by atoms with Crippen LogP contribution >= 0.6 is 0 Å². The summed E-state index contributed by atoms with van der Waals surface area (Å²) in [7, 11) is 0. The molecule has 0 spiro atoms. The van der Waals surface area contributed by atoms with Gasteiger partial charge in [-0.25, -0.2) is 0 Å². The Morgan fingerprint density at radius 1 is 1.08 bits per heavy atom. The van der Waals surface area contributed by atoms with Crippen LogP contribution in [-0.4, -0.2) is 16.2 Å². The van der Waals surface area contributed by atoms with E-state index in [0.29, 0.717) is 25.0 Å². The summed E-state index contributed by atoms with van der Waals surface area (Å²) in [6.45, 7) is 5.99. The van der Waals surface area contributed by atoms with Gasteiger partial charge in [-0.1, -0.05) is 37.6 Å². The molecule has 24 heavy (non-hydrogen) atoms. The third-order valence-corrected chi connectivity index (χ3v) is 4.15. The van der Waals surface area contributed by atoms with E-state index in [1.807, 2.05) is 32.9 Å². The molecule has 128 valence electrons. The lowest BCUT2D eigenvalue weighted by molar-refractivity contribution is -0.134. The van der Waals surface area contributed by atoms with Crippen molar-refractivity contribution in [3.63, 3.8) is 0 Å². The lowest BCUT2D eigenvalue weighted by Crippen LogP contribution is -2.18. The van der Waals surface area contributed by atoms with Crippen molar-refractivity contribution < 1.29 is 19.7 Å². The van der Waals surface area contributed by atoms with Crippen LogP contribution in [0.25, 0.3) is 0 Å². The fraction of sp³-hybridized carbons (Fsp3) is 0.350. The molecule has 4 nitrogen and oxygen atoms in total. The highest BCUT2D eigenvalue weighted by atomic mass is 16.5. The Morgan fingerprint density at radius 3 is 2.38 bits per heavy atom. The molecule has 0 fully saturated rings. The highest BCUT2D eigenvalue weighted by Crippen LogP contribution is 2.36. The minimum absolute atomic E-state index is 0.0359. The van der Waals surface area contributed by atoms with E-state index in [0.717, 1.165) is 11.1 Å². The summed E-state index contributed by atoms with van der Waals surface area (Å²) < 4.78 is 5.31. The zero-order chi connectivity index (χ0) is 17.7. The van der Waals surface area contributed by atoms with Crippen LogP contribution in [0, 0.1) is 6.92 Å². The number of phenolic OH excluding ortho intramolecular Hbond substituents is 2. The molecule has 0 radical (unpaired) electrons. The number of ether oxygens (including phenoxy) is 1. The van der Waals surface area contributed by atoms with Gasteiger partial charge < -0.3 is 14.9 Å². The van der Waals surface area contributed by atoms with Gasteiger partial charge in [0.2, 0.25) is 0 Å². The Morgan fingerprint density at radius 2 is 1.75 bits per heavy atom. The number of hydrogen-bond donors (Lipinski definition) is 2. The molecule has 0 aliphatic carbocycles. The zero-order valence-electron chi connectivity index (χ0n) is 14.4. The van der Waals surface area contributed by atoms with E-state index in [1.54, 1.807) is 24.3 Å². The number of carbonyl (C=O) groups is 1. The van der Waals surface area contributed by atoms with Crippen molar-refractivity contribution in [2.45, 2.75) is 45.4 Å². The maximum Gasteiger partial charge on any atom is 0.311 e. The summed E-state index contributed by atoms with van der Waals surface area (Å²) in [4.78, 5) is 11.9. The Kier molecular flexibility index (Phi) is 5.50. The molecule has 2 N–H and O–H groups in total. The van der Waals surface area contributed by atoms with Crippen LogP contribution in [-0.2, 0) is 10.2 Å². The second-order valence-corrected chi connectivity index (χ2v) is 6.73. The molecular weight excluding hydrogens is 304 g/mol. The molecule has 0 atom stereocenters. The van der Waals surface area contributed by atoms with E-state index in [2.05, 4.69) is 0 Å². The van der Waals surface area contributed by atoms with Crippen molar-refractivity contribution in [3.8, 4) is 17.2 Å². The van der Waals surface area contributed by atoms with E-state index in [4.69, 9.17) is 4.74 Å². The number of benzene rings is 2. The Labute approximate surface area is 142 Å². The van der Waals surface area contributed by atoms with E-state index >= 15 is 0 Å². The van der Waals surface area contributed by atoms with Crippen molar-refractivity contribution >= 4 is 5.97 Å². The summed E-state index contributed by atoms with van der Waals surface area (Å²) in [5, 5.41) is 19.4. The third kappa shape index (κ3) is 4.75.